The van der Waals surface area contributed by atoms with Crippen molar-refractivity contribution in [1.82, 2.24) is 10.2 Å². The number of benzene rings is 1. The zero-order valence-corrected chi connectivity index (χ0v) is 10.6. The number of nitrogens with one attached hydrogen (secondary N) is 2. The molecule has 2 N–H and O–H groups in total. The van der Waals surface area contributed by atoms with Gasteiger partial charge in [0.05, 0.1) is 5.69 Å². The van der Waals surface area contributed by atoms with E-state index in [2.05, 4.69) is 31.4 Å². The zero-order valence-electron chi connectivity index (χ0n) is 9.00. The molecule has 17 heavy (non-hydrogen) atoms. The van der Waals surface area contributed by atoms with E-state index in [0.29, 0.717) is 17.3 Å². The van der Waals surface area contributed by atoms with E-state index in [1.54, 1.807) is 12.1 Å². The zero-order chi connectivity index (χ0) is 11.8. The molecule has 0 bridgehead atoms. The smallest absolute Gasteiger partial charge is 0.148 e. The summed E-state index contributed by atoms with van der Waals surface area (Å²) in [6, 6.07) is 7.23. The Kier molecular flexibility index (Phi) is 2.63. The summed E-state index contributed by atoms with van der Waals surface area (Å²) in [5.41, 5.74) is 1.21. The SMILES string of the molecule is Fc1ccc(Br)cc1-c1cc(NC2CC2)n[nH]1. The van der Waals surface area contributed by atoms with Gasteiger partial charge in [0, 0.05) is 22.1 Å². The van der Waals surface area contributed by atoms with Crippen LogP contribution in [0.15, 0.2) is 28.7 Å². The third-order valence-corrected chi connectivity index (χ3v) is 3.22. The van der Waals surface area contributed by atoms with Crippen molar-refractivity contribution >= 4 is 21.7 Å². The van der Waals surface area contributed by atoms with Crippen LogP contribution in [0.5, 0.6) is 0 Å². The van der Waals surface area contributed by atoms with Crippen LogP contribution >= 0.6 is 15.9 Å². The van der Waals surface area contributed by atoms with Gasteiger partial charge in [0.1, 0.15) is 11.6 Å². The van der Waals surface area contributed by atoms with E-state index < -0.39 is 0 Å². The highest BCUT2D eigenvalue weighted by molar-refractivity contribution is 9.10. The molecule has 3 nitrogen and oxygen atoms in total. The van der Waals surface area contributed by atoms with E-state index in [4.69, 9.17) is 0 Å². The van der Waals surface area contributed by atoms with Crippen molar-refractivity contribution in [2.75, 3.05) is 5.32 Å². The first kappa shape index (κ1) is 10.8. The van der Waals surface area contributed by atoms with Crippen molar-refractivity contribution in [2.24, 2.45) is 0 Å². The van der Waals surface area contributed by atoms with Crippen LogP contribution in [0.4, 0.5) is 10.2 Å². The Bertz CT molecular complexity index is 548. The highest BCUT2D eigenvalue weighted by Gasteiger charge is 2.22. The lowest BCUT2D eigenvalue weighted by atomic mass is 10.1. The van der Waals surface area contributed by atoms with Crippen LogP contribution in [0.25, 0.3) is 11.3 Å². The molecular formula is C12H11BrFN3. The molecule has 0 aliphatic heterocycles. The minimum absolute atomic E-state index is 0.255. The third kappa shape index (κ3) is 2.34. The molecule has 0 amide bonds. The van der Waals surface area contributed by atoms with Gasteiger partial charge in [-0.3, -0.25) is 5.10 Å². The first-order valence-corrected chi connectivity index (χ1v) is 6.29. The Morgan fingerprint density at radius 1 is 1.35 bits per heavy atom. The molecule has 0 radical (unpaired) electrons. The number of aromatic nitrogens is 2. The Morgan fingerprint density at radius 2 is 2.18 bits per heavy atom. The van der Waals surface area contributed by atoms with E-state index in [-0.39, 0.29) is 5.82 Å². The monoisotopic (exact) mass is 295 g/mol. The molecule has 1 aromatic carbocycles. The largest absolute Gasteiger partial charge is 0.366 e. The lowest BCUT2D eigenvalue weighted by molar-refractivity contribution is 0.630. The summed E-state index contributed by atoms with van der Waals surface area (Å²) in [6.07, 6.45) is 2.38. The number of halogens is 2. The molecule has 0 spiro atoms. The van der Waals surface area contributed by atoms with Gasteiger partial charge in [0.2, 0.25) is 0 Å². The van der Waals surface area contributed by atoms with Gasteiger partial charge in [-0.25, -0.2) is 4.39 Å². The highest BCUT2D eigenvalue weighted by atomic mass is 79.9. The molecular weight excluding hydrogens is 285 g/mol. The second kappa shape index (κ2) is 4.14. The average Bonchev–Trinajstić information content (AvgIpc) is 2.99. The summed E-state index contributed by atoms with van der Waals surface area (Å²) >= 11 is 3.33. The van der Waals surface area contributed by atoms with Gasteiger partial charge in [-0.05, 0) is 31.0 Å². The maximum atomic E-state index is 13.7. The molecule has 0 saturated heterocycles. The number of aromatic amines is 1. The molecule has 1 aliphatic carbocycles. The average molecular weight is 296 g/mol. The number of nitrogens with zero attached hydrogens (tertiary/aromatic N) is 1. The fraction of sp³-hybridized carbons (Fsp3) is 0.250. The number of hydrogen-bond acceptors (Lipinski definition) is 2. The summed E-state index contributed by atoms with van der Waals surface area (Å²) in [5, 5.41) is 10.2. The van der Waals surface area contributed by atoms with Crippen molar-refractivity contribution in [3.8, 4) is 11.3 Å². The molecule has 1 aromatic heterocycles. The molecule has 3 rings (SSSR count). The van der Waals surface area contributed by atoms with Crippen LogP contribution in [-0.2, 0) is 0 Å². The Labute approximate surface area is 107 Å². The Hall–Kier alpha value is -1.36. The van der Waals surface area contributed by atoms with Crippen LogP contribution < -0.4 is 5.32 Å². The third-order valence-electron chi connectivity index (χ3n) is 2.73. The predicted octanol–water partition coefficient (Wildman–Crippen LogP) is 3.55. The summed E-state index contributed by atoms with van der Waals surface area (Å²) in [5.74, 6) is 0.525. The van der Waals surface area contributed by atoms with Gasteiger partial charge in [-0.1, -0.05) is 15.9 Å². The Morgan fingerprint density at radius 3 is 2.94 bits per heavy atom. The molecule has 0 atom stereocenters. The summed E-state index contributed by atoms with van der Waals surface area (Å²) < 4.78 is 14.5. The van der Waals surface area contributed by atoms with E-state index in [9.17, 15) is 4.39 Å². The maximum absolute atomic E-state index is 13.7. The van der Waals surface area contributed by atoms with Crippen LogP contribution in [0.3, 0.4) is 0 Å². The van der Waals surface area contributed by atoms with E-state index in [1.807, 2.05) is 6.07 Å². The second-order valence-corrected chi connectivity index (χ2v) is 5.13. The lowest BCUT2D eigenvalue weighted by Gasteiger charge is -2.00. The number of rotatable bonds is 3. The fourth-order valence-electron chi connectivity index (χ4n) is 1.67. The van der Waals surface area contributed by atoms with Gasteiger partial charge in [0.25, 0.3) is 0 Å². The predicted molar refractivity (Wildman–Crippen MR) is 68.3 cm³/mol. The fourth-order valence-corrected chi connectivity index (χ4v) is 2.04. The van der Waals surface area contributed by atoms with Crippen LogP contribution in [0.2, 0.25) is 0 Å². The van der Waals surface area contributed by atoms with Gasteiger partial charge in [-0.2, -0.15) is 5.10 Å². The molecule has 1 heterocycles. The van der Waals surface area contributed by atoms with E-state index in [0.717, 1.165) is 10.3 Å². The summed E-state index contributed by atoms with van der Waals surface area (Å²) in [7, 11) is 0. The minimum Gasteiger partial charge on any atom is -0.366 e. The normalized spacial score (nSPS) is 14.9. The first-order valence-electron chi connectivity index (χ1n) is 5.50. The summed E-state index contributed by atoms with van der Waals surface area (Å²) in [4.78, 5) is 0. The van der Waals surface area contributed by atoms with Crippen molar-refractivity contribution in [1.29, 1.82) is 0 Å². The summed E-state index contributed by atoms with van der Waals surface area (Å²) in [6.45, 7) is 0. The quantitative estimate of drug-likeness (QED) is 0.909. The van der Waals surface area contributed by atoms with Crippen molar-refractivity contribution in [3.05, 3.63) is 34.6 Å². The second-order valence-electron chi connectivity index (χ2n) is 4.21. The first-order chi connectivity index (χ1) is 8.22. The van der Waals surface area contributed by atoms with E-state index in [1.165, 1.54) is 18.9 Å². The van der Waals surface area contributed by atoms with Gasteiger partial charge in [-0.15, -0.1) is 0 Å². The molecule has 5 heteroatoms. The standard InChI is InChI=1S/C12H11BrFN3/c13-7-1-4-10(14)9(5-7)11-6-12(17-16-11)15-8-2-3-8/h1,4-6,8H,2-3H2,(H2,15,16,17). The minimum atomic E-state index is -0.255. The van der Waals surface area contributed by atoms with Crippen LogP contribution in [0, 0.1) is 5.82 Å². The van der Waals surface area contributed by atoms with Crippen molar-refractivity contribution < 1.29 is 4.39 Å². The topological polar surface area (TPSA) is 40.7 Å². The molecule has 88 valence electrons. The van der Waals surface area contributed by atoms with Crippen molar-refractivity contribution in [3.63, 3.8) is 0 Å². The molecule has 1 saturated carbocycles. The van der Waals surface area contributed by atoms with Gasteiger partial charge in [0.15, 0.2) is 0 Å². The van der Waals surface area contributed by atoms with Crippen LogP contribution in [-0.4, -0.2) is 16.2 Å². The number of H-pyrrole nitrogens is 1. The van der Waals surface area contributed by atoms with Crippen molar-refractivity contribution in [2.45, 2.75) is 18.9 Å². The number of hydrogen-bond donors (Lipinski definition) is 2. The molecule has 1 aliphatic rings. The van der Waals surface area contributed by atoms with Gasteiger partial charge >= 0.3 is 0 Å². The van der Waals surface area contributed by atoms with E-state index >= 15 is 0 Å². The van der Waals surface area contributed by atoms with Crippen LogP contribution in [0.1, 0.15) is 12.8 Å². The number of anilines is 1. The molecule has 1 fully saturated rings. The Balaban J connectivity index is 1.91. The highest BCUT2D eigenvalue weighted by Crippen LogP contribution is 2.28. The molecule has 2 aromatic rings. The molecule has 0 unspecified atom stereocenters. The van der Waals surface area contributed by atoms with Gasteiger partial charge < -0.3 is 5.32 Å². The maximum Gasteiger partial charge on any atom is 0.148 e. The lowest BCUT2D eigenvalue weighted by Crippen LogP contribution is -2.00.